The summed E-state index contributed by atoms with van der Waals surface area (Å²) in [7, 11) is 0. The molecule has 2 aromatic carbocycles. The molecule has 1 aromatic heterocycles. The predicted molar refractivity (Wildman–Crippen MR) is 86.7 cm³/mol. The molecule has 0 atom stereocenters. The summed E-state index contributed by atoms with van der Waals surface area (Å²) in [6.07, 6.45) is -2.80. The number of aromatic nitrogens is 2. The minimum Gasteiger partial charge on any atom is -0.341 e. The second-order valence-electron chi connectivity index (χ2n) is 5.20. The van der Waals surface area contributed by atoms with E-state index in [9.17, 15) is 18.0 Å². The van der Waals surface area contributed by atoms with Gasteiger partial charge in [0, 0.05) is 10.9 Å². The van der Waals surface area contributed by atoms with Crippen LogP contribution in [-0.4, -0.2) is 22.6 Å². The molecule has 0 saturated heterocycles. The molecule has 1 heterocycles. The minimum atomic E-state index is -4.41. The smallest absolute Gasteiger partial charge is 0.341 e. The molecule has 0 spiro atoms. The Bertz CT molecular complexity index is 980. The Labute approximate surface area is 141 Å². The van der Waals surface area contributed by atoms with Crippen LogP contribution in [0.2, 0.25) is 0 Å². The number of carbonyl (C=O) groups is 1. The molecular weight excluding hydrogens is 331 g/mol. The third-order valence-electron chi connectivity index (χ3n) is 3.48. The molecule has 3 rings (SSSR count). The highest BCUT2D eigenvalue weighted by Crippen LogP contribution is 2.29. The maximum absolute atomic E-state index is 12.6. The van der Waals surface area contributed by atoms with Crippen LogP contribution in [0.5, 0.6) is 0 Å². The Morgan fingerprint density at radius 3 is 2.80 bits per heavy atom. The number of benzene rings is 2. The average Bonchev–Trinajstić information content (AvgIpc) is 3.06. The fourth-order valence-corrected chi connectivity index (χ4v) is 2.30. The number of nitrogens with zero attached hydrogens (tertiary/aromatic N) is 1. The largest absolute Gasteiger partial charge is 0.416 e. The van der Waals surface area contributed by atoms with Crippen LogP contribution in [0.3, 0.4) is 0 Å². The van der Waals surface area contributed by atoms with Gasteiger partial charge in [-0.05, 0) is 24.3 Å². The monoisotopic (exact) mass is 343 g/mol. The summed E-state index contributed by atoms with van der Waals surface area (Å²) in [4.78, 5) is 12.2. The summed E-state index contributed by atoms with van der Waals surface area (Å²) >= 11 is 0. The molecule has 0 saturated carbocycles. The standard InChI is InChI=1S/C18H12F3N3O/c19-18(20,21)14-7-1-4-12(10-14)5-3-9-22-17(25)15-8-2-6-13-11-23-24-16(13)15/h1-2,4,6-8,10-11H,9H2,(H,22,25)(H,23,24). The Balaban J connectivity index is 1.67. The second-order valence-corrected chi connectivity index (χ2v) is 5.20. The van der Waals surface area contributed by atoms with E-state index in [1.807, 2.05) is 6.07 Å². The van der Waals surface area contributed by atoms with E-state index < -0.39 is 11.7 Å². The van der Waals surface area contributed by atoms with Crippen molar-refractivity contribution in [2.45, 2.75) is 6.18 Å². The fourth-order valence-electron chi connectivity index (χ4n) is 2.30. The number of H-pyrrole nitrogens is 1. The number of aromatic amines is 1. The Morgan fingerprint density at radius 2 is 2.00 bits per heavy atom. The van der Waals surface area contributed by atoms with Gasteiger partial charge in [-0.1, -0.05) is 30.0 Å². The van der Waals surface area contributed by atoms with Crippen molar-refractivity contribution < 1.29 is 18.0 Å². The van der Waals surface area contributed by atoms with Crippen molar-refractivity contribution in [3.63, 3.8) is 0 Å². The molecule has 0 radical (unpaired) electrons. The number of amides is 1. The molecule has 3 aromatic rings. The molecule has 4 nitrogen and oxygen atoms in total. The molecule has 2 N–H and O–H groups in total. The summed E-state index contributed by atoms with van der Waals surface area (Å²) in [5, 5.41) is 10.1. The van der Waals surface area contributed by atoms with Crippen molar-refractivity contribution in [2.75, 3.05) is 6.54 Å². The summed E-state index contributed by atoms with van der Waals surface area (Å²) in [5.41, 5.74) is 0.524. The zero-order valence-electron chi connectivity index (χ0n) is 12.8. The number of fused-ring (bicyclic) bond motifs is 1. The van der Waals surface area contributed by atoms with Gasteiger partial charge in [-0.15, -0.1) is 0 Å². The van der Waals surface area contributed by atoms with E-state index in [1.54, 1.807) is 18.3 Å². The van der Waals surface area contributed by atoms with E-state index in [2.05, 4.69) is 27.4 Å². The molecule has 126 valence electrons. The van der Waals surface area contributed by atoms with Crippen molar-refractivity contribution in [3.05, 3.63) is 65.4 Å². The number of hydrogen-bond donors (Lipinski definition) is 2. The van der Waals surface area contributed by atoms with Crippen molar-refractivity contribution in [2.24, 2.45) is 0 Å². The normalized spacial score (nSPS) is 11.0. The van der Waals surface area contributed by atoms with Gasteiger partial charge >= 0.3 is 6.18 Å². The van der Waals surface area contributed by atoms with Crippen LogP contribution in [0.25, 0.3) is 10.9 Å². The van der Waals surface area contributed by atoms with Crippen molar-refractivity contribution >= 4 is 16.8 Å². The fraction of sp³-hybridized carbons (Fsp3) is 0.111. The SMILES string of the molecule is O=C(NCC#Cc1cccc(C(F)(F)F)c1)c1cccc2cn[nH]c12. The van der Waals surface area contributed by atoms with Crippen LogP contribution in [0.1, 0.15) is 21.5 Å². The highest BCUT2D eigenvalue weighted by atomic mass is 19.4. The van der Waals surface area contributed by atoms with Gasteiger partial charge in [0.25, 0.3) is 5.91 Å². The molecule has 7 heteroatoms. The molecule has 0 aliphatic heterocycles. The van der Waals surface area contributed by atoms with Gasteiger partial charge in [-0.2, -0.15) is 18.3 Å². The molecular formula is C18H12F3N3O. The number of carbonyl (C=O) groups excluding carboxylic acids is 1. The summed E-state index contributed by atoms with van der Waals surface area (Å²) in [6, 6.07) is 9.94. The topological polar surface area (TPSA) is 57.8 Å². The highest BCUT2D eigenvalue weighted by molar-refractivity contribution is 6.05. The van der Waals surface area contributed by atoms with Crippen LogP contribution in [-0.2, 0) is 6.18 Å². The van der Waals surface area contributed by atoms with Gasteiger partial charge in [-0.3, -0.25) is 9.89 Å². The van der Waals surface area contributed by atoms with E-state index in [0.717, 1.165) is 17.5 Å². The van der Waals surface area contributed by atoms with Crippen LogP contribution in [0, 0.1) is 11.8 Å². The number of rotatable bonds is 2. The first-order chi connectivity index (χ1) is 11.9. The summed E-state index contributed by atoms with van der Waals surface area (Å²) in [5.74, 6) is 4.92. The van der Waals surface area contributed by atoms with Crippen LogP contribution < -0.4 is 5.32 Å². The lowest BCUT2D eigenvalue weighted by atomic mass is 10.1. The van der Waals surface area contributed by atoms with Gasteiger partial charge in [-0.25, -0.2) is 0 Å². The van der Waals surface area contributed by atoms with E-state index in [1.165, 1.54) is 12.1 Å². The maximum Gasteiger partial charge on any atom is 0.416 e. The average molecular weight is 343 g/mol. The van der Waals surface area contributed by atoms with E-state index >= 15 is 0 Å². The van der Waals surface area contributed by atoms with Crippen molar-refractivity contribution in [3.8, 4) is 11.8 Å². The van der Waals surface area contributed by atoms with Gasteiger partial charge in [0.1, 0.15) is 0 Å². The first-order valence-corrected chi connectivity index (χ1v) is 7.31. The lowest BCUT2D eigenvalue weighted by Gasteiger charge is -2.05. The Hall–Kier alpha value is -3.27. The zero-order chi connectivity index (χ0) is 17.9. The molecule has 0 aliphatic rings. The molecule has 0 bridgehead atoms. The maximum atomic E-state index is 12.6. The Kier molecular flexibility index (Phi) is 4.44. The third kappa shape index (κ3) is 3.80. The lowest BCUT2D eigenvalue weighted by Crippen LogP contribution is -2.23. The highest BCUT2D eigenvalue weighted by Gasteiger charge is 2.30. The van der Waals surface area contributed by atoms with Crippen LogP contribution >= 0.6 is 0 Å². The number of nitrogens with one attached hydrogen (secondary N) is 2. The van der Waals surface area contributed by atoms with Crippen molar-refractivity contribution in [1.29, 1.82) is 0 Å². The second kappa shape index (κ2) is 6.69. The van der Waals surface area contributed by atoms with Crippen LogP contribution in [0.4, 0.5) is 13.2 Å². The van der Waals surface area contributed by atoms with Gasteiger partial charge in [0.15, 0.2) is 0 Å². The van der Waals surface area contributed by atoms with Crippen molar-refractivity contribution in [1.82, 2.24) is 15.5 Å². The number of alkyl halides is 3. The van der Waals surface area contributed by atoms with E-state index in [4.69, 9.17) is 0 Å². The first-order valence-electron chi connectivity index (χ1n) is 7.31. The lowest BCUT2D eigenvalue weighted by molar-refractivity contribution is -0.137. The number of halogens is 3. The van der Waals surface area contributed by atoms with Crippen LogP contribution in [0.15, 0.2) is 48.7 Å². The predicted octanol–water partition coefficient (Wildman–Crippen LogP) is 3.36. The van der Waals surface area contributed by atoms with Gasteiger partial charge in [0.05, 0.1) is 29.4 Å². The third-order valence-corrected chi connectivity index (χ3v) is 3.48. The van der Waals surface area contributed by atoms with E-state index in [-0.39, 0.29) is 18.0 Å². The molecule has 1 amide bonds. The number of para-hydroxylation sites is 1. The van der Waals surface area contributed by atoms with Gasteiger partial charge < -0.3 is 5.32 Å². The molecule has 0 fully saturated rings. The molecule has 25 heavy (non-hydrogen) atoms. The van der Waals surface area contributed by atoms with E-state index in [0.29, 0.717) is 11.1 Å². The van der Waals surface area contributed by atoms with Gasteiger partial charge in [0.2, 0.25) is 0 Å². The first kappa shape index (κ1) is 16.6. The summed E-state index contributed by atoms with van der Waals surface area (Å²) < 4.78 is 37.9. The zero-order valence-corrected chi connectivity index (χ0v) is 12.8. The molecule has 0 unspecified atom stereocenters. The minimum absolute atomic E-state index is 0.0135. The Morgan fingerprint density at radius 1 is 1.20 bits per heavy atom. The quantitative estimate of drug-likeness (QED) is 0.701. The number of hydrogen-bond acceptors (Lipinski definition) is 2. The summed E-state index contributed by atoms with van der Waals surface area (Å²) in [6.45, 7) is 0.0135. The molecule has 0 aliphatic carbocycles.